The van der Waals surface area contributed by atoms with E-state index in [0.717, 1.165) is 0 Å². The number of fused-ring (bicyclic) bond motifs is 2. The Morgan fingerprint density at radius 1 is 0.769 bits per heavy atom. The Bertz CT molecular complexity index is 916. The first-order valence-electron chi connectivity index (χ1n) is 10.2. The van der Waals surface area contributed by atoms with Gasteiger partial charge in [-0.2, -0.15) is 0 Å². The van der Waals surface area contributed by atoms with Crippen LogP contribution in [0.25, 0.3) is 16.8 Å². The van der Waals surface area contributed by atoms with E-state index >= 15 is 0 Å². The van der Waals surface area contributed by atoms with Crippen LogP contribution in [0.3, 0.4) is 0 Å². The number of rotatable bonds is 7. The number of aryl methyl sites for hydroxylation is 1. The van der Waals surface area contributed by atoms with Crippen LogP contribution >= 0.6 is 0 Å². The van der Waals surface area contributed by atoms with Gasteiger partial charge in [-0.1, -0.05) is 105 Å². The van der Waals surface area contributed by atoms with Crippen molar-refractivity contribution in [3.8, 4) is 0 Å². The van der Waals surface area contributed by atoms with Crippen molar-refractivity contribution in [1.29, 1.82) is 0 Å². The highest BCUT2D eigenvalue weighted by Gasteiger charge is 2.22. The zero-order chi connectivity index (χ0) is 17.8. The molecular formula is C26H28. The molecule has 0 N–H and O–H groups in total. The number of allylic oxidation sites excluding steroid dienone is 1. The van der Waals surface area contributed by atoms with E-state index in [2.05, 4.69) is 79.7 Å². The van der Waals surface area contributed by atoms with E-state index in [0.29, 0.717) is 5.92 Å². The topological polar surface area (TPSA) is 0 Å². The van der Waals surface area contributed by atoms with E-state index in [1.54, 1.807) is 0 Å². The fourth-order valence-corrected chi connectivity index (χ4v) is 4.35. The molecule has 0 fully saturated rings. The predicted octanol–water partition coefficient (Wildman–Crippen LogP) is 7.51. The summed E-state index contributed by atoms with van der Waals surface area (Å²) >= 11 is 0. The van der Waals surface area contributed by atoms with E-state index in [1.165, 1.54) is 71.6 Å². The van der Waals surface area contributed by atoms with Crippen LogP contribution in [-0.2, 0) is 6.42 Å². The summed E-state index contributed by atoms with van der Waals surface area (Å²) in [7, 11) is 0. The first-order valence-corrected chi connectivity index (χ1v) is 10.2. The standard InChI is InChI=1S/C26H28/c1-2-3-4-5-6-13-22-17-16-21-12-8-10-15-24(21)26(22)25-19-18-20-11-7-9-14-23(20)25/h7-12,14-19,25H,2-6,13H2,1H3. The Morgan fingerprint density at radius 3 is 2.50 bits per heavy atom. The molecule has 0 heteroatoms. The van der Waals surface area contributed by atoms with Crippen molar-refractivity contribution in [3.63, 3.8) is 0 Å². The van der Waals surface area contributed by atoms with Crippen LogP contribution in [0.2, 0.25) is 0 Å². The van der Waals surface area contributed by atoms with Crippen LogP contribution in [0, 0.1) is 0 Å². The lowest BCUT2D eigenvalue weighted by Crippen LogP contribution is -2.03. The molecule has 1 atom stereocenters. The molecule has 132 valence electrons. The first-order chi connectivity index (χ1) is 12.9. The minimum Gasteiger partial charge on any atom is -0.0720 e. The van der Waals surface area contributed by atoms with Crippen molar-refractivity contribution in [3.05, 3.63) is 89.0 Å². The third-order valence-corrected chi connectivity index (χ3v) is 5.72. The molecule has 3 aromatic rings. The molecular weight excluding hydrogens is 312 g/mol. The van der Waals surface area contributed by atoms with Gasteiger partial charge >= 0.3 is 0 Å². The summed E-state index contributed by atoms with van der Waals surface area (Å²) in [5.41, 5.74) is 5.89. The van der Waals surface area contributed by atoms with Crippen molar-refractivity contribution in [2.45, 2.75) is 51.4 Å². The van der Waals surface area contributed by atoms with E-state index < -0.39 is 0 Å². The molecule has 1 unspecified atom stereocenters. The lowest BCUT2D eigenvalue weighted by atomic mass is 9.84. The van der Waals surface area contributed by atoms with Crippen molar-refractivity contribution < 1.29 is 0 Å². The van der Waals surface area contributed by atoms with Gasteiger partial charge in [-0.15, -0.1) is 0 Å². The summed E-state index contributed by atoms with van der Waals surface area (Å²) < 4.78 is 0. The first kappa shape index (κ1) is 17.1. The van der Waals surface area contributed by atoms with Crippen LogP contribution in [0.4, 0.5) is 0 Å². The molecule has 0 bridgehead atoms. The molecule has 1 aliphatic rings. The Balaban J connectivity index is 1.71. The van der Waals surface area contributed by atoms with Crippen LogP contribution in [0.1, 0.15) is 67.2 Å². The summed E-state index contributed by atoms with van der Waals surface area (Å²) in [6, 6.07) is 22.4. The maximum atomic E-state index is 2.40. The molecule has 0 aromatic heterocycles. The average molecular weight is 341 g/mol. The molecule has 0 amide bonds. The molecule has 0 heterocycles. The Kier molecular flexibility index (Phi) is 5.20. The summed E-state index contributed by atoms with van der Waals surface area (Å²) in [5.74, 6) is 0.392. The zero-order valence-corrected chi connectivity index (χ0v) is 15.7. The van der Waals surface area contributed by atoms with Gasteiger partial charge < -0.3 is 0 Å². The second-order valence-corrected chi connectivity index (χ2v) is 7.49. The fourth-order valence-electron chi connectivity index (χ4n) is 4.35. The number of benzene rings is 3. The molecule has 1 aliphatic carbocycles. The number of unbranched alkanes of at least 4 members (excludes halogenated alkanes) is 4. The van der Waals surface area contributed by atoms with Crippen molar-refractivity contribution in [1.82, 2.24) is 0 Å². The smallest absolute Gasteiger partial charge is 0.0287 e. The SMILES string of the molecule is CCCCCCCc1ccc2ccccc2c1C1C=Cc2ccccc21. The maximum absolute atomic E-state index is 2.40. The van der Waals surface area contributed by atoms with Crippen molar-refractivity contribution >= 4 is 16.8 Å². The van der Waals surface area contributed by atoms with E-state index in [9.17, 15) is 0 Å². The van der Waals surface area contributed by atoms with Crippen LogP contribution < -0.4 is 0 Å². The summed E-state index contributed by atoms with van der Waals surface area (Å²) in [4.78, 5) is 0. The minimum atomic E-state index is 0.392. The predicted molar refractivity (Wildman–Crippen MR) is 114 cm³/mol. The highest BCUT2D eigenvalue weighted by Crippen LogP contribution is 2.40. The van der Waals surface area contributed by atoms with Crippen LogP contribution in [0.15, 0.2) is 66.7 Å². The molecule has 26 heavy (non-hydrogen) atoms. The fraction of sp³-hybridized carbons (Fsp3) is 0.308. The Hall–Kier alpha value is -2.34. The molecule has 0 aliphatic heterocycles. The Morgan fingerprint density at radius 2 is 1.58 bits per heavy atom. The molecule has 0 spiro atoms. The van der Waals surface area contributed by atoms with E-state index in [1.807, 2.05) is 0 Å². The van der Waals surface area contributed by atoms with Gasteiger partial charge in [-0.25, -0.2) is 0 Å². The van der Waals surface area contributed by atoms with E-state index in [4.69, 9.17) is 0 Å². The quantitative estimate of drug-likeness (QED) is 0.390. The zero-order valence-electron chi connectivity index (χ0n) is 15.7. The third kappa shape index (κ3) is 3.33. The number of hydrogen-bond acceptors (Lipinski definition) is 0. The molecule has 0 radical (unpaired) electrons. The van der Waals surface area contributed by atoms with Gasteiger partial charge in [-0.3, -0.25) is 0 Å². The third-order valence-electron chi connectivity index (χ3n) is 5.72. The van der Waals surface area contributed by atoms with Gasteiger partial charge in [0.15, 0.2) is 0 Å². The molecule has 0 nitrogen and oxygen atoms in total. The monoisotopic (exact) mass is 340 g/mol. The lowest BCUT2D eigenvalue weighted by molar-refractivity contribution is 0.631. The minimum absolute atomic E-state index is 0.392. The highest BCUT2D eigenvalue weighted by atomic mass is 14.3. The van der Waals surface area contributed by atoms with Gasteiger partial charge in [-0.05, 0) is 45.9 Å². The second-order valence-electron chi connectivity index (χ2n) is 7.49. The molecule has 0 saturated heterocycles. The van der Waals surface area contributed by atoms with Crippen LogP contribution in [-0.4, -0.2) is 0 Å². The Labute approximate surface area is 157 Å². The van der Waals surface area contributed by atoms with Crippen molar-refractivity contribution in [2.75, 3.05) is 0 Å². The maximum Gasteiger partial charge on any atom is 0.0287 e. The lowest BCUT2D eigenvalue weighted by Gasteiger charge is -2.19. The largest absolute Gasteiger partial charge is 0.0720 e. The summed E-state index contributed by atoms with van der Waals surface area (Å²) in [6.45, 7) is 2.28. The molecule has 4 rings (SSSR count). The van der Waals surface area contributed by atoms with E-state index in [-0.39, 0.29) is 0 Å². The summed E-state index contributed by atoms with van der Waals surface area (Å²) in [6.07, 6.45) is 12.6. The van der Waals surface area contributed by atoms with Gasteiger partial charge in [0.25, 0.3) is 0 Å². The molecule has 0 saturated carbocycles. The highest BCUT2D eigenvalue weighted by molar-refractivity contribution is 5.89. The van der Waals surface area contributed by atoms with Gasteiger partial charge in [0.1, 0.15) is 0 Å². The summed E-state index contributed by atoms with van der Waals surface area (Å²) in [5, 5.41) is 2.78. The molecule has 3 aromatic carbocycles. The van der Waals surface area contributed by atoms with Gasteiger partial charge in [0.2, 0.25) is 0 Å². The van der Waals surface area contributed by atoms with Gasteiger partial charge in [0, 0.05) is 5.92 Å². The normalized spacial score (nSPS) is 15.5. The second kappa shape index (κ2) is 7.91. The van der Waals surface area contributed by atoms with Gasteiger partial charge in [0.05, 0.1) is 0 Å². The van der Waals surface area contributed by atoms with Crippen LogP contribution in [0.5, 0.6) is 0 Å². The average Bonchev–Trinajstić information content (AvgIpc) is 3.11. The van der Waals surface area contributed by atoms with Crippen molar-refractivity contribution in [2.24, 2.45) is 0 Å². The number of hydrogen-bond donors (Lipinski definition) is 0.